The normalized spacial score (nSPS) is 15.2. The number of amides is 2. The third-order valence-electron chi connectivity index (χ3n) is 4.87. The number of carbonyl (C=O) groups is 4. The molecule has 1 aromatic carbocycles. The summed E-state index contributed by atoms with van der Waals surface area (Å²) in [5, 5.41) is 8.57. The van der Waals surface area contributed by atoms with Gasteiger partial charge in [0.1, 0.15) is 6.54 Å². The molecule has 0 bridgehead atoms. The molecule has 8 nitrogen and oxygen atoms in total. The Hall–Kier alpha value is -3.33. The minimum absolute atomic E-state index is 0.157. The fourth-order valence-electron chi connectivity index (χ4n) is 3.30. The average molecular weight is 457 g/mol. The number of benzene rings is 1. The Morgan fingerprint density at radius 2 is 1.81 bits per heavy atom. The van der Waals surface area contributed by atoms with Crippen molar-refractivity contribution in [3.05, 3.63) is 57.8 Å². The number of imide groups is 1. The Labute approximate surface area is 189 Å². The molecule has 1 saturated heterocycles. The molecule has 1 aliphatic rings. The molecule has 9 heteroatoms. The molecule has 1 aromatic heterocycles. The molecule has 3 rings (SSSR count). The highest BCUT2D eigenvalue weighted by Gasteiger charge is 2.37. The topological polar surface area (TPSA) is 106 Å². The van der Waals surface area contributed by atoms with Crippen LogP contribution in [0.2, 0.25) is 0 Å². The highest BCUT2D eigenvalue weighted by atomic mass is 32.2. The zero-order valence-electron chi connectivity index (χ0n) is 18.2. The molecule has 2 aromatic rings. The molecule has 0 atom stereocenters. The van der Waals surface area contributed by atoms with Gasteiger partial charge in [0.05, 0.1) is 17.1 Å². The van der Waals surface area contributed by atoms with E-state index in [0.29, 0.717) is 0 Å². The lowest BCUT2D eigenvalue weighted by Gasteiger charge is -2.12. The van der Waals surface area contributed by atoms with E-state index in [1.807, 2.05) is 38.3 Å². The summed E-state index contributed by atoms with van der Waals surface area (Å²) in [4.78, 5) is 49.2. The zero-order valence-corrected chi connectivity index (χ0v) is 19.1. The SMILES string of the molecule is Cc1cc(/C=C2/SC(=O)N(CC(=O)OCC(C)C)C2=O)c(C)n1-c1ccc(C(=O)O)cc1. The van der Waals surface area contributed by atoms with Crippen molar-refractivity contribution in [2.45, 2.75) is 27.7 Å². The first-order chi connectivity index (χ1) is 15.1. The monoisotopic (exact) mass is 456 g/mol. The molecule has 0 unspecified atom stereocenters. The maximum absolute atomic E-state index is 12.7. The molecule has 168 valence electrons. The Balaban J connectivity index is 1.82. The number of aromatic carboxylic acids is 1. The Kier molecular flexibility index (Phi) is 6.88. The van der Waals surface area contributed by atoms with Crippen molar-refractivity contribution in [1.82, 2.24) is 9.47 Å². The van der Waals surface area contributed by atoms with Crippen LogP contribution in [0.3, 0.4) is 0 Å². The minimum Gasteiger partial charge on any atom is -0.478 e. The predicted octanol–water partition coefficient (Wildman–Crippen LogP) is 4.03. The quantitative estimate of drug-likeness (QED) is 0.495. The first-order valence-electron chi connectivity index (χ1n) is 10.0. The van der Waals surface area contributed by atoms with E-state index in [9.17, 15) is 19.2 Å². The van der Waals surface area contributed by atoms with E-state index < -0.39 is 29.6 Å². The molecule has 0 spiro atoms. The van der Waals surface area contributed by atoms with Gasteiger partial charge in [-0.05, 0) is 73.5 Å². The van der Waals surface area contributed by atoms with Crippen LogP contribution in [-0.4, -0.2) is 50.8 Å². The van der Waals surface area contributed by atoms with Gasteiger partial charge in [-0.2, -0.15) is 0 Å². The van der Waals surface area contributed by atoms with Gasteiger partial charge in [0.2, 0.25) is 0 Å². The van der Waals surface area contributed by atoms with E-state index >= 15 is 0 Å². The van der Waals surface area contributed by atoms with Crippen LogP contribution in [-0.2, 0) is 14.3 Å². The number of carbonyl (C=O) groups excluding carboxylic acids is 3. The number of hydrogen-bond acceptors (Lipinski definition) is 6. The van der Waals surface area contributed by atoms with Crippen LogP contribution in [0, 0.1) is 19.8 Å². The van der Waals surface area contributed by atoms with Crippen LogP contribution in [0.4, 0.5) is 4.79 Å². The van der Waals surface area contributed by atoms with Crippen molar-refractivity contribution in [2.75, 3.05) is 13.2 Å². The third-order valence-corrected chi connectivity index (χ3v) is 5.78. The van der Waals surface area contributed by atoms with Crippen LogP contribution < -0.4 is 0 Å². The Bertz CT molecular complexity index is 1110. The number of esters is 1. The lowest BCUT2D eigenvalue weighted by molar-refractivity contribution is -0.147. The van der Waals surface area contributed by atoms with Gasteiger partial charge in [-0.15, -0.1) is 0 Å². The average Bonchev–Trinajstić information content (AvgIpc) is 3.16. The van der Waals surface area contributed by atoms with E-state index in [2.05, 4.69) is 0 Å². The maximum atomic E-state index is 12.7. The highest BCUT2D eigenvalue weighted by Crippen LogP contribution is 2.33. The number of nitrogens with zero attached hydrogens (tertiary/aromatic N) is 2. The molecule has 2 heterocycles. The lowest BCUT2D eigenvalue weighted by Crippen LogP contribution is -2.34. The van der Waals surface area contributed by atoms with Crippen molar-refractivity contribution in [2.24, 2.45) is 5.92 Å². The van der Waals surface area contributed by atoms with E-state index in [1.54, 1.807) is 18.2 Å². The molecule has 2 amide bonds. The first-order valence-corrected chi connectivity index (χ1v) is 10.8. The summed E-state index contributed by atoms with van der Waals surface area (Å²) in [7, 11) is 0. The van der Waals surface area contributed by atoms with Crippen molar-refractivity contribution in [1.29, 1.82) is 0 Å². The largest absolute Gasteiger partial charge is 0.478 e. The van der Waals surface area contributed by atoms with Gasteiger partial charge < -0.3 is 14.4 Å². The van der Waals surface area contributed by atoms with Gasteiger partial charge in [-0.1, -0.05) is 13.8 Å². The van der Waals surface area contributed by atoms with E-state index in [-0.39, 0.29) is 23.0 Å². The fraction of sp³-hybridized carbons (Fsp3) is 0.304. The summed E-state index contributed by atoms with van der Waals surface area (Å²) in [6.45, 7) is 7.37. The maximum Gasteiger partial charge on any atom is 0.335 e. The number of rotatable bonds is 7. The van der Waals surface area contributed by atoms with Crippen LogP contribution in [0.5, 0.6) is 0 Å². The summed E-state index contributed by atoms with van der Waals surface area (Å²) in [5.41, 5.74) is 3.43. The van der Waals surface area contributed by atoms with Crippen molar-refractivity contribution >= 4 is 40.9 Å². The Morgan fingerprint density at radius 1 is 1.16 bits per heavy atom. The van der Waals surface area contributed by atoms with Gasteiger partial charge >= 0.3 is 11.9 Å². The number of thioether (sulfide) groups is 1. The zero-order chi connectivity index (χ0) is 23.6. The van der Waals surface area contributed by atoms with Gasteiger partial charge in [0, 0.05) is 17.1 Å². The molecular weight excluding hydrogens is 432 g/mol. The molecule has 1 aliphatic heterocycles. The molecule has 0 aliphatic carbocycles. The van der Waals surface area contributed by atoms with E-state index in [0.717, 1.165) is 39.3 Å². The second-order valence-corrected chi connectivity index (χ2v) is 8.85. The van der Waals surface area contributed by atoms with Crippen molar-refractivity contribution in [3.63, 3.8) is 0 Å². The van der Waals surface area contributed by atoms with E-state index in [4.69, 9.17) is 9.84 Å². The molecule has 1 N–H and O–H groups in total. The van der Waals surface area contributed by atoms with Crippen molar-refractivity contribution < 1.29 is 29.0 Å². The van der Waals surface area contributed by atoms with Crippen molar-refractivity contribution in [3.8, 4) is 5.69 Å². The number of carboxylic acid groups (broad SMARTS) is 1. The van der Waals surface area contributed by atoms with Gasteiger partial charge in [-0.3, -0.25) is 19.3 Å². The van der Waals surface area contributed by atoms with Gasteiger partial charge in [0.25, 0.3) is 11.1 Å². The van der Waals surface area contributed by atoms with Crippen LogP contribution in [0.1, 0.15) is 41.2 Å². The second kappa shape index (κ2) is 9.44. The van der Waals surface area contributed by atoms with Gasteiger partial charge in [-0.25, -0.2) is 4.79 Å². The highest BCUT2D eigenvalue weighted by molar-refractivity contribution is 8.18. The summed E-state index contributed by atoms with van der Waals surface area (Å²) in [5.74, 6) is -1.99. The number of aryl methyl sites for hydroxylation is 1. The van der Waals surface area contributed by atoms with Gasteiger partial charge in [0.15, 0.2) is 0 Å². The smallest absolute Gasteiger partial charge is 0.335 e. The standard InChI is InChI=1S/C23H24N2O6S/c1-13(2)12-31-20(26)11-24-21(27)19(32-23(24)30)10-17-9-14(3)25(15(17)4)18-7-5-16(6-8-18)22(28)29/h5-10,13H,11-12H2,1-4H3,(H,28,29)/b19-10+. The molecular formula is C23H24N2O6S. The summed E-state index contributed by atoms with van der Waals surface area (Å²) < 4.78 is 7.01. The Morgan fingerprint density at radius 3 is 2.41 bits per heavy atom. The summed E-state index contributed by atoms with van der Waals surface area (Å²) in [6.07, 6.45) is 1.63. The molecule has 0 radical (unpaired) electrons. The lowest BCUT2D eigenvalue weighted by atomic mass is 10.2. The molecule has 1 fully saturated rings. The number of ether oxygens (including phenoxy) is 1. The fourth-order valence-corrected chi connectivity index (χ4v) is 4.13. The third kappa shape index (κ3) is 4.94. The molecule has 32 heavy (non-hydrogen) atoms. The summed E-state index contributed by atoms with van der Waals surface area (Å²) in [6, 6.07) is 8.36. The van der Waals surface area contributed by atoms with E-state index in [1.165, 1.54) is 12.1 Å². The van der Waals surface area contributed by atoms with Crippen LogP contribution in [0.15, 0.2) is 35.2 Å². The number of aromatic nitrogens is 1. The summed E-state index contributed by atoms with van der Waals surface area (Å²) >= 11 is 0.784. The molecule has 0 saturated carbocycles. The van der Waals surface area contributed by atoms with Crippen LogP contribution >= 0.6 is 11.8 Å². The minimum atomic E-state index is -0.998. The number of hydrogen-bond donors (Lipinski definition) is 1. The van der Waals surface area contributed by atoms with Crippen LogP contribution in [0.25, 0.3) is 11.8 Å². The second-order valence-electron chi connectivity index (χ2n) is 7.86. The first kappa shape index (κ1) is 23.3. The number of carboxylic acids is 1. The predicted molar refractivity (Wildman–Crippen MR) is 121 cm³/mol.